The molecule has 8 nitrogen and oxygen atoms in total. The van der Waals surface area contributed by atoms with Crippen LogP contribution < -0.4 is 32.6 Å². The molecule has 0 spiro atoms. The van der Waals surface area contributed by atoms with E-state index in [9.17, 15) is 28.8 Å². The second-order valence-corrected chi connectivity index (χ2v) is 12.9. The molecule has 0 amide bonds. The molecule has 9 aromatic carbocycles. The first-order valence-corrected chi connectivity index (χ1v) is 15.9. The molecule has 230 valence electrons. The van der Waals surface area contributed by atoms with Crippen LogP contribution in [0.15, 0.2) is 126 Å². The zero-order valence-electron chi connectivity index (χ0n) is 25.6. The van der Waals surface area contributed by atoms with Crippen molar-refractivity contribution >= 4 is 108 Å². The van der Waals surface area contributed by atoms with Gasteiger partial charge in [0, 0.05) is 48.5 Å². The SMILES string of the molecule is O=c1ccc2cc3c(ccc4c3nc3c5c(=O)c6ccccc6c(=O)c5c5nc6c7c(=O)c8ccccc8c(=O)c7cc(=O)c6c5c43)cc2c1. The maximum absolute atomic E-state index is 14.4. The van der Waals surface area contributed by atoms with Crippen LogP contribution in [0.5, 0.6) is 0 Å². The second kappa shape index (κ2) is 8.89. The maximum atomic E-state index is 14.4. The highest BCUT2D eigenvalue weighted by atomic mass is 16.1. The molecule has 0 saturated carbocycles. The van der Waals surface area contributed by atoms with Gasteiger partial charge in [-0.3, -0.25) is 28.8 Å². The lowest BCUT2D eigenvalue weighted by Crippen LogP contribution is -2.16. The van der Waals surface area contributed by atoms with Gasteiger partial charge in [0.1, 0.15) is 0 Å². The standard InChI is InChI=1S/C42H16N2O6/c45-20-11-9-17-15-26-18(13-19(17)14-20)10-12-25-29-32-31-28(46)16-27-30(40(48)22-6-2-1-5-21(22)39(27)47)37(31)44-38(32)34-33(36(29)43-35(25)26)41(49)23-7-3-4-8-24(23)42(34)50/h1-16H. The zero-order chi connectivity index (χ0) is 33.7. The van der Waals surface area contributed by atoms with Crippen molar-refractivity contribution < 1.29 is 0 Å². The van der Waals surface area contributed by atoms with E-state index < -0.39 is 27.1 Å². The summed E-state index contributed by atoms with van der Waals surface area (Å²) in [6.45, 7) is 0. The Kier molecular flexibility index (Phi) is 4.79. The summed E-state index contributed by atoms with van der Waals surface area (Å²) in [6, 6.07) is 26.6. The Morgan fingerprint density at radius 3 is 1.56 bits per heavy atom. The quantitative estimate of drug-likeness (QED) is 0.186. The molecule has 0 atom stereocenters. The van der Waals surface area contributed by atoms with Gasteiger partial charge in [0.05, 0.1) is 43.6 Å². The van der Waals surface area contributed by atoms with Gasteiger partial charge in [-0.15, -0.1) is 0 Å². The van der Waals surface area contributed by atoms with Crippen LogP contribution in [0.4, 0.5) is 0 Å². The number of hydrogen-bond acceptors (Lipinski definition) is 8. The fraction of sp³-hybridized carbons (Fsp3) is 0. The Hall–Kier alpha value is -7.06. The predicted molar refractivity (Wildman–Crippen MR) is 199 cm³/mol. The third kappa shape index (κ3) is 3.11. The largest absolute Gasteiger partial charge is 0.290 e. The third-order valence-corrected chi connectivity index (χ3v) is 10.4. The van der Waals surface area contributed by atoms with Gasteiger partial charge in [0.2, 0.25) is 0 Å². The topological polar surface area (TPSA) is 128 Å². The average Bonchev–Trinajstić information content (AvgIpc) is 3.71. The Balaban J connectivity index is 1.48. The van der Waals surface area contributed by atoms with Crippen molar-refractivity contribution in [1.29, 1.82) is 0 Å². The summed E-state index contributed by atoms with van der Waals surface area (Å²) in [5.41, 5.74) is -1.50. The van der Waals surface area contributed by atoms with Gasteiger partial charge in [-0.2, -0.15) is 0 Å². The fourth-order valence-corrected chi connectivity index (χ4v) is 8.19. The van der Waals surface area contributed by atoms with Crippen molar-refractivity contribution in [3.05, 3.63) is 158 Å². The Morgan fingerprint density at radius 2 is 0.880 bits per heavy atom. The van der Waals surface area contributed by atoms with Gasteiger partial charge in [0.25, 0.3) is 0 Å². The van der Waals surface area contributed by atoms with Crippen molar-refractivity contribution in [2.24, 2.45) is 0 Å². The number of hydrogen-bond donors (Lipinski definition) is 0. The molecule has 0 unspecified atom stereocenters. The van der Waals surface area contributed by atoms with Crippen molar-refractivity contribution in [2.75, 3.05) is 0 Å². The van der Waals surface area contributed by atoms with E-state index in [1.807, 2.05) is 24.3 Å². The molecule has 0 N–H and O–H groups in total. The first kappa shape index (κ1) is 26.9. The first-order chi connectivity index (χ1) is 24.3. The van der Waals surface area contributed by atoms with Crippen LogP contribution >= 0.6 is 0 Å². The molecule has 0 bridgehead atoms. The lowest BCUT2D eigenvalue weighted by Gasteiger charge is -2.05. The number of benzene rings is 9. The van der Waals surface area contributed by atoms with Crippen LogP contribution in [-0.4, -0.2) is 9.97 Å². The molecule has 11 rings (SSSR count). The highest BCUT2D eigenvalue weighted by Crippen LogP contribution is 2.43. The number of aromatic nitrogens is 2. The summed E-state index contributed by atoms with van der Waals surface area (Å²) in [6.07, 6.45) is 0. The van der Waals surface area contributed by atoms with Gasteiger partial charge in [-0.25, -0.2) is 9.97 Å². The van der Waals surface area contributed by atoms with Gasteiger partial charge in [-0.1, -0.05) is 66.7 Å². The molecular formula is C42H16N2O6. The van der Waals surface area contributed by atoms with Gasteiger partial charge in [0.15, 0.2) is 32.6 Å². The summed E-state index contributed by atoms with van der Waals surface area (Å²) in [5, 5.41) is 5.50. The molecular weight excluding hydrogens is 628 g/mol. The summed E-state index contributed by atoms with van der Waals surface area (Å²) in [7, 11) is 0. The monoisotopic (exact) mass is 644 g/mol. The van der Waals surface area contributed by atoms with E-state index in [0.717, 1.165) is 21.5 Å². The van der Waals surface area contributed by atoms with E-state index in [-0.39, 0.29) is 70.5 Å². The Morgan fingerprint density at radius 1 is 0.320 bits per heavy atom. The highest BCUT2D eigenvalue weighted by Gasteiger charge is 2.27. The third-order valence-electron chi connectivity index (χ3n) is 10.4. The molecule has 0 fully saturated rings. The van der Waals surface area contributed by atoms with E-state index in [1.165, 1.54) is 12.1 Å². The molecule has 0 radical (unpaired) electrons. The van der Waals surface area contributed by atoms with Crippen LogP contribution in [0.1, 0.15) is 0 Å². The van der Waals surface area contributed by atoms with Crippen molar-refractivity contribution in [3.8, 4) is 0 Å². The molecule has 0 saturated heterocycles. The van der Waals surface area contributed by atoms with Crippen molar-refractivity contribution in [3.63, 3.8) is 0 Å². The maximum Gasteiger partial charge on any atom is 0.196 e. The molecule has 0 aliphatic rings. The molecule has 0 aliphatic carbocycles. The summed E-state index contributed by atoms with van der Waals surface area (Å²) < 4.78 is 0. The normalized spacial score (nSPS) is 12.5. The van der Waals surface area contributed by atoms with Crippen LogP contribution in [0.2, 0.25) is 0 Å². The molecule has 50 heavy (non-hydrogen) atoms. The van der Waals surface area contributed by atoms with E-state index >= 15 is 0 Å². The van der Waals surface area contributed by atoms with E-state index in [0.29, 0.717) is 21.7 Å². The summed E-state index contributed by atoms with van der Waals surface area (Å²) in [4.78, 5) is 92.8. The number of nitrogens with zero attached hydrogens (tertiary/aromatic N) is 2. The number of fused-ring (bicyclic) bond motifs is 17. The smallest absolute Gasteiger partial charge is 0.196 e. The van der Waals surface area contributed by atoms with Gasteiger partial charge >= 0.3 is 0 Å². The lowest BCUT2D eigenvalue weighted by molar-refractivity contribution is 1.55. The van der Waals surface area contributed by atoms with Crippen molar-refractivity contribution in [1.82, 2.24) is 9.97 Å². The van der Waals surface area contributed by atoms with Crippen LogP contribution in [0.25, 0.3) is 108 Å². The van der Waals surface area contributed by atoms with Crippen LogP contribution in [0.3, 0.4) is 0 Å². The van der Waals surface area contributed by atoms with E-state index in [4.69, 9.17) is 9.97 Å². The van der Waals surface area contributed by atoms with Crippen LogP contribution in [-0.2, 0) is 0 Å². The van der Waals surface area contributed by atoms with Crippen molar-refractivity contribution in [2.45, 2.75) is 0 Å². The fourth-order valence-electron chi connectivity index (χ4n) is 8.19. The highest BCUT2D eigenvalue weighted by molar-refractivity contribution is 6.39. The Labute approximate surface area is 276 Å². The minimum Gasteiger partial charge on any atom is -0.290 e. The predicted octanol–water partition coefficient (Wildman–Crippen LogP) is 5.92. The second-order valence-electron chi connectivity index (χ2n) is 12.9. The van der Waals surface area contributed by atoms with Crippen LogP contribution in [0, 0.1) is 0 Å². The lowest BCUT2D eigenvalue weighted by atomic mass is 9.94. The van der Waals surface area contributed by atoms with Gasteiger partial charge in [-0.05, 0) is 46.5 Å². The molecule has 2 aromatic heterocycles. The number of rotatable bonds is 0. The molecule has 0 aliphatic heterocycles. The summed E-state index contributed by atoms with van der Waals surface area (Å²) >= 11 is 0. The van der Waals surface area contributed by atoms with Gasteiger partial charge < -0.3 is 0 Å². The minimum atomic E-state index is -0.535. The minimum absolute atomic E-state index is 0.00475. The molecule has 2 heterocycles. The zero-order valence-corrected chi connectivity index (χ0v) is 25.6. The molecule has 11 aromatic rings. The summed E-state index contributed by atoms with van der Waals surface area (Å²) in [5.74, 6) is 0. The van der Waals surface area contributed by atoms with E-state index in [1.54, 1.807) is 60.7 Å². The Bertz CT molecular complexity index is 3800. The van der Waals surface area contributed by atoms with E-state index in [2.05, 4.69) is 0 Å². The average molecular weight is 645 g/mol. The first-order valence-electron chi connectivity index (χ1n) is 15.9. The molecule has 8 heteroatoms.